The standard InChI is InChI=1S/C21H24ClNO4/c1-13(2)16-9-17(22)14(3)8-20(16)26-12-21(24)23-10-15-11-25-18-6-4-5-7-19(18)27-15/h4-9,13,15H,10-12H2,1-3H3,(H,23,24)/t15-/m1/s1. The number of hydrogen-bond acceptors (Lipinski definition) is 4. The normalized spacial score (nSPS) is 15.5. The van der Waals surface area contributed by atoms with E-state index in [1.165, 1.54) is 0 Å². The van der Waals surface area contributed by atoms with Gasteiger partial charge in [0, 0.05) is 5.02 Å². The highest BCUT2D eigenvalue weighted by Crippen LogP contribution is 2.32. The number of hydrogen-bond donors (Lipinski definition) is 1. The first kappa shape index (κ1) is 19.4. The van der Waals surface area contributed by atoms with E-state index in [2.05, 4.69) is 19.2 Å². The van der Waals surface area contributed by atoms with E-state index in [0.717, 1.165) is 16.9 Å². The van der Waals surface area contributed by atoms with E-state index in [1.807, 2.05) is 43.3 Å². The minimum absolute atomic E-state index is 0.0645. The van der Waals surface area contributed by atoms with Gasteiger partial charge in [-0.1, -0.05) is 37.6 Å². The summed E-state index contributed by atoms with van der Waals surface area (Å²) in [6, 6.07) is 11.3. The molecular weight excluding hydrogens is 366 g/mol. The highest BCUT2D eigenvalue weighted by atomic mass is 35.5. The molecule has 1 aliphatic rings. The second kappa shape index (κ2) is 8.53. The van der Waals surface area contributed by atoms with Gasteiger partial charge in [-0.15, -0.1) is 0 Å². The van der Waals surface area contributed by atoms with Crippen LogP contribution in [0.25, 0.3) is 0 Å². The third-order valence-corrected chi connectivity index (χ3v) is 4.77. The molecule has 0 bridgehead atoms. The molecule has 1 atom stereocenters. The van der Waals surface area contributed by atoms with Crippen LogP contribution in [0.2, 0.25) is 5.02 Å². The zero-order chi connectivity index (χ0) is 19.4. The number of halogens is 1. The number of nitrogens with one attached hydrogen (secondary N) is 1. The van der Waals surface area contributed by atoms with Crippen LogP contribution in [0.15, 0.2) is 36.4 Å². The van der Waals surface area contributed by atoms with Gasteiger partial charge in [0.15, 0.2) is 18.1 Å². The lowest BCUT2D eigenvalue weighted by Gasteiger charge is -2.26. The van der Waals surface area contributed by atoms with Crippen LogP contribution >= 0.6 is 11.6 Å². The molecule has 1 N–H and O–H groups in total. The molecule has 0 radical (unpaired) electrons. The van der Waals surface area contributed by atoms with Crippen molar-refractivity contribution in [3.05, 3.63) is 52.5 Å². The molecular formula is C21H24ClNO4. The van der Waals surface area contributed by atoms with E-state index in [0.29, 0.717) is 29.7 Å². The second-order valence-electron chi connectivity index (χ2n) is 6.88. The van der Waals surface area contributed by atoms with Gasteiger partial charge in [0.2, 0.25) is 0 Å². The van der Waals surface area contributed by atoms with Gasteiger partial charge < -0.3 is 19.5 Å². The lowest BCUT2D eigenvalue weighted by Crippen LogP contribution is -2.42. The molecule has 1 heterocycles. The summed E-state index contributed by atoms with van der Waals surface area (Å²) in [5, 5.41) is 3.53. The molecule has 27 heavy (non-hydrogen) atoms. The smallest absolute Gasteiger partial charge is 0.258 e. The largest absolute Gasteiger partial charge is 0.486 e. The molecule has 2 aromatic rings. The topological polar surface area (TPSA) is 56.8 Å². The molecule has 6 heteroatoms. The fourth-order valence-electron chi connectivity index (χ4n) is 2.83. The highest BCUT2D eigenvalue weighted by molar-refractivity contribution is 6.31. The summed E-state index contributed by atoms with van der Waals surface area (Å²) >= 11 is 6.20. The van der Waals surface area contributed by atoms with Crippen molar-refractivity contribution < 1.29 is 19.0 Å². The monoisotopic (exact) mass is 389 g/mol. The van der Waals surface area contributed by atoms with Crippen molar-refractivity contribution in [3.8, 4) is 17.2 Å². The second-order valence-corrected chi connectivity index (χ2v) is 7.29. The number of carbonyl (C=O) groups is 1. The Labute approximate surface area is 164 Å². The van der Waals surface area contributed by atoms with Crippen LogP contribution in [0.5, 0.6) is 17.2 Å². The third-order valence-electron chi connectivity index (χ3n) is 4.37. The zero-order valence-corrected chi connectivity index (χ0v) is 16.5. The Morgan fingerprint density at radius 3 is 2.78 bits per heavy atom. The molecule has 0 saturated heterocycles. The van der Waals surface area contributed by atoms with Crippen molar-refractivity contribution >= 4 is 17.5 Å². The Hall–Kier alpha value is -2.40. The van der Waals surface area contributed by atoms with Gasteiger partial charge >= 0.3 is 0 Å². The molecule has 0 unspecified atom stereocenters. The fourth-order valence-corrected chi connectivity index (χ4v) is 3.00. The lowest BCUT2D eigenvalue weighted by molar-refractivity contribution is -0.123. The summed E-state index contributed by atoms with van der Waals surface area (Å²) in [4.78, 5) is 12.2. The van der Waals surface area contributed by atoms with Crippen LogP contribution < -0.4 is 19.5 Å². The summed E-state index contributed by atoms with van der Waals surface area (Å²) in [7, 11) is 0. The van der Waals surface area contributed by atoms with Gasteiger partial charge in [-0.2, -0.15) is 0 Å². The summed E-state index contributed by atoms with van der Waals surface area (Å²) in [5.74, 6) is 2.14. The van der Waals surface area contributed by atoms with E-state index in [4.69, 9.17) is 25.8 Å². The Morgan fingerprint density at radius 1 is 1.30 bits per heavy atom. The van der Waals surface area contributed by atoms with Gasteiger partial charge in [0.05, 0.1) is 6.54 Å². The van der Waals surface area contributed by atoms with Crippen LogP contribution in [0, 0.1) is 6.92 Å². The SMILES string of the molecule is Cc1cc(OCC(=O)NC[C@@H]2COc3ccccc3O2)c(C(C)C)cc1Cl. The fraction of sp³-hybridized carbons (Fsp3) is 0.381. The van der Waals surface area contributed by atoms with Gasteiger partial charge in [-0.3, -0.25) is 4.79 Å². The van der Waals surface area contributed by atoms with Crippen LogP contribution in [-0.4, -0.2) is 31.8 Å². The van der Waals surface area contributed by atoms with E-state index in [1.54, 1.807) is 0 Å². The van der Waals surface area contributed by atoms with Gasteiger partial charge in [0.25, 0.3) is 5.91 Å². The molecule has 1 aliphatic heterocycles. The summed E-state index contributed by atoms with van der Waals surface area (Å²) in [6.07, 6.45) is -0.229. The van der Waals surface area contributed by atoms with Crippen molar-refractivity contribution in [2.45, 2.75) is 32.8 Å². The zero-order valence-electron chi connectivity index (χ0n) is 15.8. The first-order chi connectivity index (χ1) is 12.9. The Bertz CT molecular complexity index is 822. The number of para-hydroxylation sites is 2. The lowest BCUT2D eigenvalue weighted by atomic mass is 10.0. The van der Waals surface area contributed by atoms with E-state index < -0.39 is 0 Å². The predicted octanol–water partition coefficient (Wildman–Crippen LogP) is 4.11. The minimum Gasteiger partial charge on any atom is -0.486 e. The number of fused-ring (bicyclic) bond motifs is 1. The maximum Gasteiger partial charge on any atom is 0.258 e. The molecule has 0 aliphatic carbocycles. The Kier molecular flexibility index (Phi) is 6.11. The summed E-state index contributed by atoms with van der Waals surface area (Å²) in [5.41, 5.74) is 1.90. The molecule has 0 aromatic heterocycles. The minimum atomic E-state index is -0.229. The average Bonchev–Trinajstić information content (AvgIpc) is 2.66. The van der Waals surface area contributed by atoms with E-state index in [9.17, 15) is 4.79 Å². The number of rotatable bonds is 6. The average molecular weight is 390 g/mol. The summed E-state index contributed by atoms with van der Waals surface area (Å²) in [6.45, 7) is 6.72. The quantitative estimate of drug-likeness (QED) is 0.807. The highest BCUT2D eigenvalue weighted by Gasteiger charge is 2.21. The third kappa shape index (κ3) is 4.86. The maximum absolute atomic E-state index is 12.2. The molecule has 5 nitrogen and oxygen atoms in total. The Balaban J connectivity index is 1.52. The number of amides is 1. The van der Waals surface area contributed by atoms with Gasteiger partial charge in [-0.25, -0.2) is 0 Å². The van der Waals surface area contributed by atoms with Crippen molar-refractivity contribution in [3.63, 3.8) is 0 Å². The summed E-state index contributed by atoms with van der Waals surface area (Å²) < 4.78 is 17.2. The predicted molar refractivity (Wildman–Crippen MR) is 105 cm³/mol. The molecule has 0 fully saturated rings. The van der Waals surface area contributed by atoms with Crippen molar-refractivity contribution in [2.24, 2.45) is 0 Å². The number of carbonyl (C=O) groups excluding carboxylic acids is 1. The van der Waals surface area contributed by atoms with Crippen molar-refractivity contribution in [2.75, 3.05) is 19.8 Å². The molecule has 2 aromatic carbocycles. The van der Waals surface area contributed by atoms with Crippen LogP contribution in [0.4, 0.5) is 0 Å². The van der Waals surface area contributed by atoms with Crippen LogP contribution in [-0.2, 0) is 4.79 Å². The first-order valence-electron chi connectivity index (χ1n) is 9.02. The maximum atomic E-state index is 12.2. The number of ether oxygens (including phenoxy) is 3. The number of aryl methyl sites for hydroxylation is 1. The first-order valence-corrected chi connectivity index (χ1v) is 9.40. The molecule has 0 saturated carbocycles. The van der Waals surface area contributed by atoms with Crippen molar-refractivity contribution in [1.82, 2.24) is 5.32 Å². The van der Waals surface area contributed by atoms with Gasteiger partial charge in [0.1, 0.15) is 18.5 Å². The van der Waals surface area contributed by atoms with Crippen LogP contribution in [0.1, 0.15) is 30.9 Å². The van der Waals surface area contributed by atoms with Gasteiger partial charge in [-0.05, 0) is 48.2 Å². The molecule has 0 spiro atoms. The molecule has 144 valence electrons. The molecule has 1 amide bonds. The van der Waals surface area contributed by atoms with Crippen molar-refractivity contribution in [1.29, 1.82) is 0 Å². The number of benzene rings is 2. The van der Waals surface area contributed by atoms with E-state index in [-0.39, 0.29) is 24.5 Å². The molecule has 3 rings (SSSR count). The van der Waals surface area contributed by atoms with E-state index >= 15 is 0 Å². The van der Waals surface area contributed by atoms with Crippen LogP contribution in [0.3, 0.4) is 0 Å². The Morgan fingerprint density at radius 2 is 2.04 bits per heavy atom.